The van der Waals surface area contributed by atoms with E-state index in [9.17, 15) is 4.79 Å². The van der Waals surface area contributed by atoms with E-state index in [0.717, 1.165) is 31.8 Å². The van der Waals surface area contributed by atoms with Crippen molar-refractivity contribution in [3.05, 3.63) is 0 Å². The second-order valence-electron chi connectivity index (χ2n) is 6.53. The zero-order valence-electron chi connectivity index (χ0n) is 13.6. The summed E-state index contributed by atoms with van der Waals surface area (Å²) < 4.78 is 0. The molecule has 0 N–H and O–H groups in total. The molecule has 1 heterocycles. The Bertz CT molecular complexity index is 288. The first kappa shape index (κ1) is 18.0. The van der Waals surface area contributed by atoms with Crippen LogP contribution in [-0.2, 0) is 4.79 Å². The minimum atomic E-state index is -0.0220. The Morgan fingerprint density at radius 2 is 1.95 bits per heavy atom. The Kier molecular flexibility index (Phi) is 8.11. The van der Waals surface area contributed by atoms with Crippen molar-refractivity contribution in [2.24, 2.45) is 11.8 Å². The van der Waals surface area contributed by atoms with Gasteiger partial charge < -0.3 is 9.80 Å². The zero-order valence-corrected chi connectivity index (χ0v) is 15.2. The van der Waals surface area contributed by atoms with Crippen LogP contribution >= 0.6 is 15.9 Å². The van der Waals surface area contributed by atoms with Gasteiger partial charge in [0.2, 0.25) is 5.91 Å². The summed E-state index contributed by atoms with van der Waals surface area (Å²) in [6, 6.07) is 0. The lowest BCUT2D eigenvalue weighted by Gasteiger charge is -2.35. The number of unbranched alkanes of at least 4 members (excludes halogenated alkanes) is 1. The molecule has 1 unspecified atom stereocenters. The maximum absolute atomic E-state index is 12.3. The van der Waals surface area contributed by atoms with Gasteiger partial charge in [-0.25, -0.2) is 0 Å². The van der Waals surface area contributed by atoms with Gasteiger partial charge in [-0.3, -0.25) is 4.79 Å². The molecule has 1 saturated heterocycles. The Balaban J connectivity index is 2.31. The molecule has 4 heteroatoms. The van der Waals surface area contributed by atoms with Crippen LogP contribution in [0.15, 0.2) is 0 Å². The molecule has 0 aromatic heterocycles. The van der Waals surface area contributed by atoms with Crippen LogP contribution in [-0.4, -0.2) is 53.8 Å². The van der Waals surface area contributed by atoms with Gasteiger partial charge in [0, 0.05) is 19.6 Å². The van der Waals surface area contributed by atoms with Crippen molar-refractivity contribution in [1.82, 2.24) is 9.80 Å². The third kappa shape index (κ3) is 5.72. The lowest BCUT2D eigenvalue weighted by molar-refractivity contribution is -0.132. The molecule has 118 valence electrons. The highest BCUT2D eigenvalue weighted by Crippen LogP contribution is 2.22. The van der Waals surface area contributed by atoms with Gasteiger partial charge in [0.1, 0.15) is 0 Å². The van der Waals surface area contributed by atoms with E-state index in [2.05, 4.69) is 48.6 Å². The number of likely N-dealkylation sites (tertiary alicyclic amines) is 1. The van der Waals surface area contributed by atoms with Gasteiger partial charge in [0.25, 0.3) is 0 Å². The molecule has 1 aliphatic rings. The van der Waals surface area contributed by atoms with Gasteiger partial charge in [-0.1, -0.05) is 43.1 Å². The highest BCUT2D eigenvalue weighted by atomic mass is 79.9. The van der Waals surface area contributed by atoms with Crippen molar-refractivity contribution >= 4 is 21.8 Å². The standard InChI is InChI=1S/C16H31BrN2O/c1-5-6-9-18(4)12-14-7-10-19(11-8-14)16(20)15(17)13(2)3/h13-15H,5-12H2,1-4H3. The number of carbonyl (C=O) groups is 1. The third-order valence-electron chi connectivity index (χ3n) is 4.21. The van der Waals surface area contributed by atoms with E-state index in [1.165, 1.54) is 25.9 Å². The molecule has 1 atom stereocenters. The summed E-state index contributed by atoms with van der Waals surface area (Å²) in [7, 11) is 2.22. The summed E-state index contributed by atoms with van der Waals surface area (Å²) in [6.07, 6.45) is 4.85. The van der Waals surface area contributed by atoms with Gasteiger partial charge in [-0.2, -0.15) is 0 Å². The molecule has 0 aromatic carbocycles. The summed E-state index contributed by atoms with van der Waals surface area (Å²) in [6.45, 7) is 10.7. The van der Waals surface area contributed by atoms with E-state index in [1.54, 1.807) is 0 Å². The van der Waals surface area contributed by atoms with Gasteiger partial charge >= 0.3 is 0 Å². The number of hydrogen-bond acceptors (Lipinski definition) is 2. The fraction of sp³-hybridized carbons (Fsp3) is 0.938. The second kappa shape index (κ2) is 9.04. The number of halogens is 1. The van der Waals surface area contributed by atoms with Crippen LogP contribution in [0.1, 0.15) is 46.5 Å². The Hall–Kier alpha value is -0.0900. The first-order valence-corrected chi connectivity index (χ1v) is 8.98. The van der Waals surface area contributed by atoms with Crippen molar-refractivity contribution < 1.29 is 4.79 Å². The average Bonchev–Trinajstić information content (AvgIpc) is 2.44. The van der Waals surface area contributed by atoms with Gasteiger partial charge in [-0.05, 0) is 44.7 Å². The van der Waals surface area contributed by atoms with Gasteiger partial charge in [0.05, 0.1) is 4.83 Å². The predicted octanol–water partition coefficient (Wildman–Crippen LogP) is 3.38. The summed E-state index contributed by atoms with van der Waals surface area (Å²) in [5.41, 5.74) is 0. The molecule has 0 bridgehead atoms. The average molecular weight is 347 g/mol. The van der Waals surface area contributed by atoms with Gasteiger partial charge in [0.15, 0.2) is 0 Å². The van der Waals surface area contributed by atoms with Crippen LogP contribution < -0.4 is 0 Å². The van der Waals surface area contributed by atoms with Gasteiger partial charge in [-0.15, -0.1) is 0 Å². The molecule has 0 spiro atoms. The van der Waals surface area contributed by atoms with E-state index in [0.29, 0.717) is 5.92 Å². The quantitative estimate of drug-likeness (QED) is 0.659. The lowest BCUT2D eigenvalue weighted by Crippen LogP contribution is -2.45. The third-order valence-corrected chi connectivity index (χ3v) is 5.66. The summed E-state index contributed by atoms with van der Waals surface area (Å²) >= 11 is 3.53. The fourth-order valence-electron chi connectivity index (χ4n) is 2.76. The van der Waals surface area contributed by atoms with E-state index >= 15 is 0 Å². The molecular formula is C16H31BrN2O. The molecule has 0 aromatic rings. The zero-order chi connectivity index (χ0) is 15.1. The maximum atomic E-state index is 12.3. The summed E-state index contributed by atoms with van der Waals surface area (Å²) in [4.78, 5) is 16.8. The van der Waals surface area contributed by atoms with Crippen molar-refractivity contribution in [2.45, 2.75) is 51.3 Å². The van der Waals surface area contributed by atoms with Crippen LogP contribution in [0.3, 0.4) is 0 Å². The largest absolute Gasteiger partial charge is 0.342 e. The highest BCUT2D eigenvalue weighted by molar-refractivity contribution is 9.10. The molecule has 0 saturated carbocycles. The van der Waals surface area contributed by atoms with Crippen molar-refractivity contribution in [1.29, 1.82) is 0 Å². The van der Waals surface area contributed by atoms with Crippen molar-refractivity contribution in [2.75, 3.05) is 33.2 Å². The monoisotopic (exact) mass is 346 g/mol. The molecule has 1 aliphatic heterocycles. The normalized spacial score (nSPS) is 18.9. The topological polar surface area (TPSA) is 23.6 Å². The van der Waals surface area contributed by atoms with Crippen LogP contribution in [0.5, 0.6) is 0 Å². The van der Waals surface area contributed by atoms with E-state index in [4.69, 9.17) is 0 Å². The number of hydrogen-bond donors (Lipinski definition) is 0. The van der Waals surface area contributed by atoms with Crippen LogP contribution in [0.25, 0.3) is 0 Å². The molecule has 1 fully saturated rings. The first-order valence-electron chi connectivity index (χ1n) is 8.07. The summed E-state index contributed by atoms with van der Waals surface area (Å²) in [5, 5.41) is 0. The second-order valence-corrected chi connectivity index (χ2v) is 7.52. The molecule has 1 rings (SSSR count). The Morgan fingerprint density at radius 1 is 1.35 bits per heavy atom. The van der Waals surface area contributed by atoms with Crippen LogP contribution in [0, 0.1) is 11.8 Å². The molecule has 3 nitrogen and oxygen atoms in total. The van der Waals surface area contributed by atoms with Crippen LogP contribution in [0.4, 0.5) is 0 Å². The number of amides is 1. The van der Waals surface area contributed by atoms with E-state index < -0.39 is 0 Å². The Labute approximate surface area is 133 Å². The minimum absolute atomic E-state index is 0.0220. The summed E-state index contributed by atoms with van der Waals surface area (Å²) in [5.74, 6) is 1.40. The predicted molar refractivity (Wildman–Crippen MR) is 89.3 cm³/mol. The number of piperidine rings is 1. The molecule has 20 heavy (non-hydrogen) atoms. The number of alkyl halides is 1. The van der Waals surface area contributed by atoms with Crippen LogP contribution in [0.2, 0.25) is 0 Å². The SMILES string of the molecule is CCCCN(C)CC1CCN(C(=O)C(Br)C(C)C)CC1. The molecule has 0 aliphatic carbocycles. The molecular weight excluding hydrogens is 316 g/mol. The fourth-order valence-corrected chi connectivity index (χ4v) is 3.05. The van der Waals surface area contributed by atoms with E-state index in [-0.39, 0.29) is 10.7 Å². The molecule has 0 radical (unpaired) electrons. The smallest absolute Gasteiger partial charge is 0.236 e. The highest BCUT2D eigenvalue weighted by Gasteiger charge is 2.28. The number of carbonyl (C=O) groups excluding carboxylic acids is 1. The maximum Gasteiger partial charge on any atom is 0.236 e. The molecule has 1 amide bonds. The Morgan fingerprint density at radius 3 is 2.45 bits per heavy atom. The minimum Gasteiger partial charge on any atom is -0.342 e. The first-order chi connectivity index (χ1) is 9.45. The number of nitrogens with zero attached hydrogens (tertiary/aromatic N) is 2. The van der Waals surface area contributed by atoms with Crippen molar-refractivity contribution in [3.8, 4) is 0 Å². The van der Waals surface area contributed by atoms with Crippen molar-refractivity contribution in [3.63, 3.8) is 0 Å². The number of rotatable bonds is 7. The lowest BCUT2D eigenvalue weighted by atomic mass is 9.95. The van der Waals surface area contributed by atoms with E-state index in [1.807, 2.05) is 4.90 Å².